The van der Waals surface area contributed by atoms with E-state index >= 15 is 0 Å². The lowest BCUT2D eigenvalue weighted by atomic mass is 10.0. The third kappa shape index (κ3) is 5.08. The normalized spacial score (nSPS) is 20.9. The van der Waals surface area contributed by atoms with Gasteiger partial charge in [0.1, 0.15) is 34.3 Å². The number of benzene rings is 1. The second kappa shape index (κ2) is 11.0. The summed E-state index contributed by atoms with van der Waals surface area (Å²) in [5.74, 6) is -1.23. The third-order valence-electron chi connectivity index (χ3n) is 8.41. The van der Waals surface area contributed by atoms with Gasteiger partial charge in [-0.05, 0) is 70.2 Å². The molecule has 0 saturated carbocycles. The highest BCUT2D eigenvalue weighted by molar-refractivity contribution is 7.22. The number of thiophene rings is 1. The Kier molecular flexibility index (Phi) is 7.51. The number of carboxylic acids is 1. The van der Waals surface area contributed by atoms with Crippen LogP contribution in [0.3, 0.4) is 0 Å². The number of aliphatic carboxylic acids is 1. The molecule has 2 bridgehead atoms. The number of carboxylic acid groups (broad SMARTS) is 1. The zero-order valence-electron chi connectivity index (χ0n) is 24.2. The van der Waals surface area contributed by atoms with E-state index < -0.39 is 34.7 Å². The minimum absolute atomic E-state index is 0.0646. The Balaban J connectivity index is 1.57. The molecule has 1 N–H and O–H groups in total. The number of halogens is 1. The predicted octanol–water partition coefficient (Wildman–Crippen LogP) is 4.62. The van der Waals surface area contributed by atoms with Gasteiger partial charge in [0.15, 0.2) is 0 Å². The molecule has 0 spiro atoms. The number of carbonyl (C=O) groups is 1. The Bertz CT molecular complexity index is 1800. The third-order valence-corrected chi connectivity index (χ3v) is 9.72. The van der Waals surface area contributed by atoms with Crippen molar-refractivity contribution in [3.8, 4) is 16.5 Å². The maximum Gasteiger partial charge on any atom is 0.333 e. The average molecular weight is 614 g/mol. The summed E-state index contributed by atoms with van der Waals surface area (Å²) in [4.78, 5) is 45.5. The second-order valence-electron chi connectivity index (χ2n) is 11.5. The molecule has 2 fully saturated rings. The maximum absolute atomic E-state index is 14.7. The fourth-order valence-electron chi connectivity index (χ4n) is 6.13. The molecule has 0 amide bonds. The molecule has 0 aliphatic carbocycles. The van der Waals surface area contributed by atoms with Crippen molar-refractivity contribution in [3.05, 3.63) is 68.4 Å². The van der Waals surface area contributed by atoms with Crippen molar-refractivity contribution in [3.63, 3.8) is 0 Å². The number of nitrogens with zero attached hydrogens (tertiary/aromatic N) is 3. The molecule has 2 aliphatic rings. The van der Waals surface area contributed by atoms with Crippen molar-refractivity contribution in [1.29, 1.82) is 0 Å². The molecule has 43 heavy (non-hydrogen) atoms. The Labute approximate surface area is 249 Å². The predicted molar refractivity (Wildman–Crippen MR) is 155 cm³/mol. The number of hydrogen-bond acceptors (Lipinski definition) is 9. The summed E-state index contributed by atoms with van der Waals surface area (Å²) >= 11 is 1.14. The van der Waals surface area contributed by atoms with E-state index in [1.165, 1.54) is 56.2 Å². The van der Waals surface area contributed by atoms with Crippen LogP contribution >= 0.6 is 11.3 Å². The van der Waals surface area contributed by atoms with E-state index in [1.807, 2.05) is 0 Å². The van der Waals surface area contributed by atoms with Crippen LogP contribution in [0.15, 0.2) is 44.7 Å². The van der Waals surface area contributed by atoms with Crippen LogP contribution in [-0.2, 0) is 26.4 Å². The van der Waals surface area contributed by atoms with E-state index in [9.17, 15) is 23.9 Å². The van der Waals surface area contributed by atoms with Gasteiger partial charge < -0.3 is 23.7 Å². The van der Waals surface area contributed by atoms with Crippen LogP contribution in [0.1, 0.15) is 56.8 Å². The first-order chi connectivity index (χ1) is 20.5. The van der Waals surface area contributed by atoms with Gasteiger partial charge >= 0.3 is 11.7 Å². The van der Waals surface area contributed by atoms with Crippen LogP contribution in [0.2, 0.25) is 0 Å². The smallest absolute Gasteiger partial charge is 0.333 e. The highest BCUT2D eigenvalue weighted by Gasteiger charge is 2.39. The molecule has 3 aromatic heterocycles. The zero-order chi connectivity index (χ0) is 30.6. The monoisotopic (exact) mass is 613 g/mol. The summed E-state index contributed by atoms with van der Waals surface area (Å²) in [6.07, 6.45) is 5.05. The van der Waals surface area contributed by atoms with Crippen LogP contribution in [0.25, 0.3) is 21.0 Å². The van der Waals surface area contributed by atoms with Gasteiger partial charge in [-0.15, -0.1) is 11.3 Å². The molecule has 2 aliphatic heterocycles. The molecular formula is C30H32FN3O8S. The number of ether oxygens (including phenoxy) is 3. The molecule has 2 unspecified atom stereocenters. The number of hydrogen-bond donors (Lipinski definition) is 1. The SMILES string of the molecule is COc1ccc(F)cc1[C@H](Cn1c(=O)n(C(C)(C)C(=O)O)c(=O)c2c(C)c(-c3ncco3)sc21)OC1CC2CC[C@@H](C1)O2. The van der Waals surface area contributed by atoms with Gasteiger partial charge in [0.25, 0.3) is 5.56 Å². The summed E-state index contributed by atoms with van der Waals surface area (Å²) in [7, 11) is 1.47. The number of methoxy groups -OCH3 is 1. The lowest BCUT2D eigenvalue weighted by molar-refractivity contribution is -0.146. The molecule has 5 heterocycles. The van der Waals surface area contributed by atoms with Crippen molar-refractivity contribution in [1.82, 2.24) is 14.1 Å². The first kappa shape index (κ1) is 29.3. The average Bonchev–Trinajstić information content (AvgIpc) is 3.69. The van der Waals surface area contributed by atoms with Crippen LogP contribution in [0.4, 0.5) is 4.39 Å². The van der Waals surface area contributed by atoms with Gasteiger partial charge in [0.05, 0.1) is 48.4 Å². The summed E-state index contributed by atoms with van der Waals surface area (Å²) in [6.45, 7) is 4.15. The van der Waals surface area contributed by atoms with Crippen LogP contribution in [0, 0.1) is 12.7 Å². The zero-order valence-corrected chi connectivity index (χ0v) is 25.0. The summed E-state index contributed by atoms with van der Waals surface area (Å²) in [5, 5.41) is 10.2. The van der Waals surface area contributed by atoms with Crippen LogP contribution in [-0.4, -0.2) is 50.6 Å². The number of aryl methyl sites for hydroxylation is 1. The van der Waals surface area contributed by atoms with Crippen LogP contribution in [0.5, 0.6) is 5.75 Å². The topological polar surface area (TPSA) is 135 Å². The largest absolute Gasteiger partial charge is 0.496 e. The van der Waals surface area contributed by atoms with Crippen molar-refractivity contribution in [2.75, 3.05) is 7.11 Å². The van der Waals surface area contributed by atoms with E-state index in [1.54, 1.807) is 6.92 Å². The minimum Gasteiger partial charge on any atom is -0.496 e. The summed E-state index contributed by atoms with van der Waals surface area (Å²) < 4.78 is 40.5. The molecule has 4 atom stereocenters. The number of oxazole rings is 1. The lowest BCUT2D eigenvalue weighted by Gasteiger charge is -2.33. The van der Waals surface area contributed by atoms with Gasteiger partial charge in [-0.3, -0.25) is 9.36 Å². The van der Waals surface area contributed by atoms with Gasteiger partial charge in [-0.2, -0.15) is 0 Å². The van der Waals surface area contributed by atoms with Crippen molar-refractivity contribution < 1.29 is 32.9 Å². The van der Waals surface area contributed by atoms with E-state index in [0.29, 0.717) is 39.4 Å². The summed E-state index contributed by atoms with van der Waals surface area (Å²) in [6, 6.07) is 4.09. The maximum atomic E-state index is 14.7. The molecule has 6 rings (SSSR count). The van der Waals surface area contributed by atoms with Gasteiger partial charge in [-0.1, -0.05) is 0 Å². The molecule has 0 radical (unpaired) electrons. The molecule has 13 heteroatoms. The van der Waals surface area contributed by atoms with Gasteiger partial charge in [0, 0.05) is 5.56 Å². The van der Waals surface area contributed by atoms with Crippen molar-refractivity contribution in [2.45, 2.75) is 83.0 Å². The summed E-state index contributed by atoms with van der Waals surface area (Å²) in [5.41, 5.74) is -2.57. The highest BCUT2D eigenvalue weighted by Crippen LogP contribution is 2.40. The number of rotatable bonds is 9. The van der Waals surface area contributed by atoms with Gasteiger partial charge in [0.2, 0.25) is 5.89 Å². The minimum atomic E-state index is -1.88. The Morgan fingerprint density at radius 2 is 1.98 bits per heavy atom. The number of aromatic nitrogens is 3. The van der Waals surface area contributed by atoms with E-state index in [-0.39, 0.29) is 36.1 Å². The van der Waals surface area contributed by atoms with Gasteiger partial charge in [-0.25, -0.2) is 23.5 Å². The Morgan fingerprint density at radius 1 is 1.26 bits per heavy atom. The fraction of sp³-hybridized carbons (Fsp3) is 0.467. The Hall–Kier alpha value is -3.81. The molecular weight excluding hydrogens is 581 g/mol. The number of fused-ring (bicyclic) bond motifs is 3. The molecule has 11 nitrogen and oxygen atoms in total. The highest BCUT2D eigenvalue weighted by atomic mass is 32.1. The molecule has 228 valence electrons. The van der Waals surface area contributed by atoms with E-state index in [0.717, 1.165) is 28.7 Å². The van der Waals surface area contributed by atoms with Crippen molar-refractivity contribution in [2.24, 2.45) is 0 Å². The first-order valence-electron chi connectivity index (χ1n) is 14.1. The van der Waals surface area contributed by atoms with Crippen LogP contribution < -0.4 is 16.0 Å². The molecule has 2 saturated heterocycles. The molecule has 4 aromatic rings. The molecule has 1 aromatic carbocycles. The second-order valence-corrected chi connectivity index (χ2v) is 12.5. The standard InChI is InChI=1S/C30H32FN3O8S/c1-15-23-26(35)34(30(2,3)28(36)37)29(38)33(27(23)43-24(15)25-32-9-10-40-25)14-22(20-11-16(31)5-8-21(20)39-4)42-19-12-17-6-7-18(13-19)41-17/h5,8-11,17-19,22H,6-7,12-14H2,1-4H3,(H,36,37)/t17-,18?,19?,22-/m0/s1. The van der Waals surface area contributed by atoms with E-state index in [4.69, 9.17) is 18.6 Å². The fourth-order valence-corrected chi connectivity index (χ4v) is 7.37. The quantitative estimate of drug-likeness (QED) is 0.287. The first-order valence-corrected chi connectivity index (χ1v) is 14.9. The van der Waals surface area contributed by atoms with Crippen molar-refractivity contribution >= 4 is 27.5 Å². The lowest BCUT2D eigenvalue weighted by Crippen LogP contribution is -2.52. The Morgan fingerprint density at radius 3 is 2.60 bits per heavy atom. The van der Waals surface area contributed by atoms with E-state index in [2.05, 4.69) is 4.98 Å².